The third-order valence-electron chi connectivity index (χ3n) is 0.718. The van der Waals surface area contributed by atoms with Crippen LogP contribution in [0.2, 0.25) is 0 Å². The smallest absolute Gasteiger partial charge is 0.323 e. The summed E-state index contributed by atoms with van der Waals surface area (Å²) >= 11 is 1.90. The van der Waals surface area contributed by atoms with Gasteiger partial charge in [-0.05, 0) is 6.92 Å². The molecule has 1 N–H and O–H groups in total. The summed E-state index contributed by atoms with van der Waals surface area (Å²) in [6.45, 7) is 1.73. The van der Waals surface area contributed by atoms with Gasteiger partial charge in [0.1, 0.15) is 6.04 Å². The number of methoxy groups -OCH3 is 1. The van der Waals surface area contributed by atoms with Crippen LogP contribution in [0.25, 0.3) is 0 Å². The van der Waals surface area contributed by atoms with Gasteiger partial charge in [0.25, 0.3) is 0 Å². The molecule has 4 heteroatoms. The van der Waals surface area contributed by atoms with Gasteiger partial charge in [-0.3, -0.25) is 4.79 Å². The molecule has 48 valence electrons. The molecule has 8 heavy (non-hydrogen) atoms. The Morgan fingerprint density at radius 1 is 1.88 bits per heavy atom. The van der Waals surface area contributed by atoms with Gasteiger partial charge in [-0.1, -0.05) is 0 Å². The van der Waals surface area contributed by atoms with Crippen LogP contribution in [-0.2, 0) is 9.53 Å². The number of carbonyl (C=O) groups excluding carboxylic acids is 1. The largest absolute Gasteiger partial charge is 0.468 e. The van der Waals surface area contributed by atoms with Crippen LogP contribution in [0, 0.1) is 0 Å². The molecule has 0 unspecified atom stereocenters. The van der Waals surface area contributed by atoms with Crippen molar-refractivity contribution in [3.8, 4) is 0 Å². The van der Waals surface area contributed by atoms with Crippen molar-refractivity contribution in [2.24, 2.45) is 0 Å². The van der Waals surface area contributed by atoms with E-state index in [4.69, 9.17) is 0 Å². The maximum atomic E-state index is 10.5. The Bertz CT molecular complexity index is 86.1. The average molecular weight is 229 g/mol. The summed E-state index contributed by atoms with van der Waals surface area (Å²) in [5.74, 6) is -0.237. The molecule has 0 spiro atoms. The van der Waals surface area contributed by atoms with E-state index in [2.05, 4.69) is 8.27 Å². The van der Waals surface area contributed by atoms with Gasteiger partial charge >= 0.3 is 5.97 Å². The molecule has 0 aromatic carbocycles. The normalized spacial score (nSPS) is 12.9. The molecular weight excluding hydrogens is 221 g/mol. The summed E-state index contributed by atoms with van der Waals surface area (Å²) in [7, 11) is 1.37. The molecular formula is C4H8INO2. The molecule has 0 fully saturated rings. The third kappa shape index (κ3) is 2.46. The zero-order chi connectivity index (χ0) is 6.57. The molecule has 0 rings (SSSR count). The minimum absolute atomic E-state index is 0.208. The van der Waals surface area contributed by atoms with E-state index in [0.717, 1.165) is 0 Å². The molecule has 0 aromatic rings. The second-order valence-corrected chi connectivity index (χ2v) is 1.98. The summed E-state index contributed by atoms with van der Waals surface area (Å²) in [5.41, 5.74) is 0. The molecule has 0 aliphatic carbocycles. The van der Waals surface area contributed by atoms with Crippen LogP contribution >= 0.6 is 22.9 Å². The van der Waals surface area contributed by atoms with Gasteiger partial charge in [-0.25, -0.2) is 3.53 Å². The zero-order valence-electron chi connectivity index (χ0n) is 4.77. The summed E-state index contributed by atoms with van der Waals surface area (Å²) in [6, 6.07) is -0.208. The maximum Gasteiger partial charge on any atom is 0.323 e. The second-order valence-electron chi connectivity index (χ2n) is 1.35. The molecule has 0 saturated heterocycles. The molecule has 0 radical (unpaired) electrons. The summed E-state index contributed by atoms with van der Waals surface area (Å²) < 4.78 is 7.11. The van der Waals surface area contributed by atoms with Crippen molar-refractivity contribution in [2.45, 2.75) is 13.0 Å². The Hall–Kier alpha value is 0.160. The average Bonchev–Trinajstić information content (AvgIpc) is 1.84. The van der Waals surface area contributed by atoms with Crippen LogP contribution in [0.5, 0.6) is 0 Å². The van der Waals surface area contributed by atoms with Crippen molar-refractivity contribution >= 4 is 28.8 Å². The quantitative estimate of drug-likeness (QED) is 0.425. The number of hydrogen-bond donors (Lipinski definition) is 1. The Morgan fingerprint density at radius 2 is 2.38 bits per heavy atom. The van der Waals surface area contributed by atoms with E-state index in [1.54, 1.807) is 6.92 Å². The second kappa shape index (κ2) is 4.08. The Morgan fingerprint density at radius 3 is 2.50 bits per heavy atom. The predicted molar refractivity (Wildman–Crippen MR) is 38.6 cm³/mol. The van der Waals surface area contributed by atoms with Crippen LogP contribution in [0.3, 0.4) is 0 Å². The Labute approximate surface area is 62.3 Å². The van der Waals surface area contributed by atoms with Gasteiger partial charge in [-0.15, -0.1) is 0 Å². The Balaban J connectivity index is 3.46. The number of halogens is 1. The number of ether oxygens (including phenoxy) is 1. The Kier molecular flexibility index (Phi) is 4.16. The fourth-order valence-electron chi connectivity index (χ4n) is 0.221. The lowest BCUT2D eigenvalue weighted by Gasteiger charge is -2.03. The summed E-state index contributed by atoms with van der Waals surface area (Å²) in [5, 5.41) is 0. The molecule has 0 aromatic heterocycles. The van der Waals surface area contributed by atoms with E-state index >= 15 is 0 Å². The third-order valence-corrected chi connectivity index (χ3v) is 1.65. The lowest BCUT2D eigenvalue weighted by Crippen LogP contribution is -2.27. The van der Waals surface area contributed by atoms with Crippen molar-refractivity contribution < 1.29 is 9.53 Å². The molecule has 0 amide bonds. The molecule has 0 saturated carbocycles. The lowest BCUT2D eigenvalue weighted by atomic mass is 10.4. The van der Waals surface area contributed by atoms with Crippen LogP contribution in [0.15, 0.2) is 0 Å². The highest BCUT2D eigenvalue weighted by atomic mass is 127. The summed E-state index contributed by atoms with van der Waals surface area (Å²) in [4.78, 5) is 10.5. The van der Waals surface area contributed by atoms with Crippen molar-refractivity contribution in [1.82, 2.24) is 3.53 Å². The molecule has 0 heterocycles. The SMILES string of the molecule is COC(=O)[C@@H](C)NI. The van der Waals surface area contributed by atoms with Crippen molar-refractivity contribution in [2.75, 3.05) is 7.11 Å². The maximum absolute atomic E-state index is 10.5. The molecule has 0 aliphatic rings. The van der Waals surface area contributed by atoms with Gasteiger partial charge in [0.2, 0.25) is 0 Å². The van der Waals surface area contributed by atoms with Crippen LogP contribution in [0.1, 0.15) is 6.92 Å². The van der Waals surface area contributed by atoms with Crippen molar-refractivity contribution in [3.05, 3.63) is 0 Å². The summed E-state index contributed by atoms with van der Waals surface area (Å²) in [6.07, 6.45) is 0. The van der Waals surface area contributed by atoms with Gasteiger partial charge in [0.05, 0.1) is 7.11 Å². The highest BCUT2D eigenvalue weighted by molar-refractivity contribution is 14.1. The predicted octanol–water partition coefficient (Wildman–Crippen LogP) is 0.487. The monoisotopic (exact) mass is 229 g/mol. The van der Waals surface area contributed by atoms with E-state index in [-0.39, 0.29) is 12.0 Å². The van der Waals surface area contributed by atoms with Gasteiger partial charge in [0.15, 0.2) is 0 Å². The number of hydrogen-bond acceptors (Lipinski definition) is 3. The van der Waals surface area contributed by atoms with Gasteiger partial charge in [-0.2, -0.15) is 0 Å². The van der Waals surface area contributed by atoms with Crippen molar-refractivity contribution in [3.63, 3.8) is 0 Å². The molecule has 0 aliphatic heterocycles. The molecule has 1 atom stereocenters. The minimum Gasteiger partial charge on any atom is -0.468 e. The number of nitrogens with one attached hydrogen (secondary N) is 1. The van der Waals surface area contributed by atoms with Crippen LogP contribution < -0.4 is 3.53 Å². The first-order chi connectivity index (χ1) is 3.72. The van der Waals surface area contributed by atoms with Crippen molar-refractivity contribution in [1.29, 1.82) is 0 Å². The van der Waals surface area contributed by atoms with Crippen LogP contribution in [-0.4, -0.2) is 19.1 Å². The standard InChI is InChI=1S/C4H8INO2/c1-3(6-5)4(7)8-2/h3,6H,1-2H3/t3-/m1/s1. The molecule has 0 bridgehead atoms. The first-order valence-electron chi connectivity index (χ1n) is 2.16. The lowest BCUT2D eigenvalue weighted by molar-refractivity contribution is -0.141. The fourth-order valence-corrected chi connectivity index (χ4v) is 0.476. The van der Waals surface area contributed by atoms with E-state index in [0.29, 0.717) is 0 Å². The van der Waals surface area contributed by atoms with E-state index < -0.39 is 0 Å². The van der Waals surface area contributed by atoms with Gasteiger partial charge in [0, 0.05) is 22.9 Å². The highest BCUT2D eigenvalue weighted by Gasteiger charge is 2.08. The van der Waals surface area contributed by atoms with Gasteiger partial charge < -0.3 is 4.74 Å². The fraction of sp³-hybridized carbons (Fsp3) is 0.750. The van der Waals surface area contributed by atoms with Crippen LogP contribution in [0.4, 0.5) is 0 Å². The zero-order valence-corrected chi connectivity index (χ0v) is 6.93. The first-order valence-corrected chi connectivity index (χ1v) is 3.24. The molecule has 3 nitrogen and oxygen atoms in total. The minimum atomic E-state index is -0.237. The highest BCUT2D eigenvalue weighted by Crippen LogP contribution is 1.86. The number of carbonyl (C=O) groups is 1. The van der Waals surface area contributed by atoms with E-state index in [9.17, 15) is 4.79 Å². The van der Waals surface area contributed by atoms with E-state index in [1.165, 1.54) is 7.11 Å². The number of rotatable bonds is 2. The number of esters is 1. The van der Waals surface area contributed by atoms with E-state index in [1.807, 2.05) is 22.9 Å². The first kappa shape index (κ1) is 8.16. The topological polar surface area (TPSA) is 38.3 Å².